The van der Waals surface area contributed by atoms with Crippen LogP contribution in [0.25, 0.3) is 83.1 Å². The number of hydrogen-bond donors (Lipinski definition) is 0. The Kier molecular flexibility index (Phi) is 9.57. The van der Waals surface area contributed by atoms with E-state index in [1.807, 2.05) is 0 Å². The number of benzene rings is 10. The number of anilines is 3. The summed E-state index contributed by atoms with van der Waals surface area (Å²) >= 11 is 0. The molecule has 292 valence electrons. The van der Waals surface area contributed by atoms with E-state index < -0.39 is 0 Å². The summed E-state index contributed by atoms with van der Waals surface area (Å²) < 4.78 is 2.42. The van der Waals surface area contributed by atoms with Crippen molar-refractivity contribution in [1.29, 1.82) is 0 Å². The first-order chi connectivity index (χ1) is 30.7. The summed E-state index contributed by atoms with van der Waals surface area (Å²) in [7, 11) is 0. The molecule has 0 N–H and O–H groups in total. The van der Waals surface area contributed by atoms with Crippen LogP contribution in [0.2, 0.25) is 0 Å². The minimum atomic E-state index is 1.09. The van der Waals surface area contributed by atoms with Crippen molar-refractivity contribution in [2.24, 2.45) is 0 Å². The van der Waals surface area contributed by atoms with Crippen LogP contribution in [0.5, 0.6) is 0 Å². The summed E-state index contributed by atoms with van der Waals surface area (Å²) in [5.41, 5.74) is 18.8. The van der Waals surface area contributed by atoms with Crippen LogP contribution in [0.3, 0.4) is 0 Å². The lowest BCUT2D eigenvalue weighted by atomic mass is 10.0. The minimum absolute atomic E-state index is 1.09. The summed E-state index contributed by atoms with van der Waals surface area (Å²) in [4.78, 5) is 2.34. The normalized spacial score (nSPS) is 11.2. The van der Waals surface area contributed by atoms with Gasteiger partial charge in [0.25, 0.3) is 0 Å². The Morgan fingerprint density at radius 2 is 0.516 bits per heavy atom. The molecule has 0 fully saturated rings. The number of hydrogen-bond acceptors (Lipinski definition) is 1. The van der Waals surface area contributed by atoms with E-state index >= 15 is 0 Å². The Morgan fingerprint density at radius 1 is 0.226 bits per heavy atom. The Bertz CT molecular complexity index is 3100. The fourth-order valence-corrected chi connectivity index (χ4v) is 8.86. The van der Waals surface area contributed by atoms with Crippen LogP contribution in [0, 0.1) is 0 Å². The molecule has 0 aliphatic heterocycles. The van der Waals surface area contributed by atoms with Crippen LogP contribution in [-0.4, -0.2) is 4.57 Å². The topological polar surface area (TPSA) is 8.17 Å². The van der Waals surface area contributed by atoms with Gasteiger partial charge in [0.15, 0.2) is 0 Å². The summed E-state index contributed by atoms with van der Waals surface area (Å²) in [5.74, 6) is 0. The molecule has 0 atom stereocenters. The summed E-state index contributed by atoms with van der Waals surface area (Å²) in [6.07, 6.45) is 0. The van der Waals surface area contributed by atoms with Gasteiger partial charge in [-0.1, -0.05) is 182 Å². The van der Waals surface area contributed by atoms with Crippen LogP contribution in [-0.2, 0) is 0 Å². The molecule has 0 saturated heterocycles. The van der Waals surface area contributed by atoms with E-state index in [2.05, 4.69) is 264 Å². The van der Waals surface area contributed by atoms with Crippen molar-refractivity contribution in [2.75, 3.05) is 4.90 Å². The van der Waals surface area contributed by atoms with Crippen molar-refractivity contribution in [3.05, 3.63) is 255 Å². The Labute approximate surface area is 362 Å². The smallest absolute Gasteiger partial charge is 0.0541 e. The van der Waals surface area contributed by atoms with Crippen LogP contribution in [0.15, 0.2) is 255 Å². The third-order valence-corrected chi connectivity index (χ3v) is 12.0. The Morgan fingerprint density at radius 3 is 0.903 bits per heavy atom. The third kappa shape index (κ3) is 7.04. The van der Waals surface area contributed by atoms with Gasteiger partial charge >= 0.3 is 0 Å². The predicted molar refractivity (Wildman–Crippen MR) is 263 cm³/mol. The highest BCUT2D eigenvalue weighted by Gasteiger charge is 2.17. The second-order valence-electron chi connectivity index (χ2n) is 15.8. The van der Waals surface area contributed by atoms with E-state index in [0.29, 0.717) is 0 Å². The maximum absolute atomic E-state index is 2.42. The molecule has 11 rings (SSSR count). The van der Waals surface area contributed by atoms with Gasteiger partial charge < -0.3 is 9.47 Å². The molecular formula is C60H42N2. The van der Waals surface area contributed by atoms with Crippen molar-refractivity contribution in [3.63, 3.8) is 0 Å². The molecule has 0 aliphatic carbocycles. The van der Waals surface area contributed by atoms with Crippen molar-refractivity contribution in [3.8, 4) is 61.3 Å². The SMILES string of the molecule is c1ccc(-c2ccc(N(c3ccc(-c4ccccc4)cc3)c3ccc(-c4cccc(-n5c6ccc(-c7ccccc7)cc6c6cc(-c7ccccc7)ccc65)c4)cc3)cc2)cc1. The lowest BCUT2D eigenvalue weighted by Crippen LogP contribution is -2.09. The fourth-order valence-electron chi connectivity index (χ4n) is 8.86. The second kappa shape index (κ2) is 16.1. The van der Waals surface area contributed by atoms with E-state index in [1.165, 1.54) is 66.3 Å². The van der Waals surface area contributed by atoms with E-state index in [1.54, 1.807) is 0 Å². The molecule has 0 unspecified atom stereocenters. The molecule has 10 aromatic carbocycles. The maximum Gasteiger partial charge on any atom is 0.0541 e. The summed E-state index contributed by atoms with van der Waals surface area (Å²) in [6, 6.07) is 92.0. The first-order valence-electron chi connectivity index (χ1n) is 21.2. The Hall–Kier alpha value is -8.20. The molecule has 2 nitrogen and oxygen atoms in total. The van der Waals surface area contributed by atoms with E-state index in [-0.39, 0.29) is 0 Å². The number of fused-ring (bicyclic) bond motifs is 3. The molecule has 0 radical (unpaired) electrons. The molecular weight excluding hydrogens is 749 g/mol. The van der Waals surface area contributed by atoms with Crippen molar-refractivity contribution in [2.45, 2.75) is 0 Å². The van der Waals surface area contributed by atoms with Crippen LogP contribution >= 0.6 is 0 Å². The van der Waals surface area contributed by atoms with Crippen molar-refractivity contribution >= 4 is 38.9 Å². The molecule has 1 aromatic heterocycles. The lowest BCUT2D eigenvalue weighted by molar-refractivity contribution is 1.18. The average molecular weight is 791 g/mol. The minimum Gasteiger partial charge on any atom is -0.311 e. The number of nitrogens with zero attached hydrogens (tertiary/aromatic N) is 2. The van der Waals surface area contributed by atoms with E-state index in [0.717, 1.165) is 33.9 Å². The summed E-state index contributed by atoms with van der Waals surface area (Å²) in [5, 5.41) is 2.48. The van der Waals surface area contributed by atoms with Gasteiger partial charge in [-0.05, 0) is 128 Å². The molecule has 62 heavy (non-hydrogen) atoms. The van der Waals surface area contributed by atoms with E-state index in [4.69, 9.17) is 0 Å². The van der Waals surface area contributed by atoms with Crippen LogP contribution in [0.4, 0.5) is 17.1 Å². The maximum atomic E-state index is 2.42. The summed E-state index contributed by atoms with van der Waals surface area (Å²) in [6.45, 7) is 0. The Balaban J connectivity index is 0.977. The lowest BCUT2D eigenvalue weighted by Gasteiger charge is -2.26. The largest absolute Gasteiger partial charge is 0.311 e. The van der Waals surface area contributed by atoms with Gasteiger partial charge in [0, 0.05) is 33.5 Å². The van der Waals surface area contributed by atoms with Gasteiger partial charge in [0.1, 0.15) is 0 Å². The average Bonchev–Trinajstić information content (AvgIpc) is 3.69. The van der Waals surface area contributed by atoms with Gasteiger partial charge in [0.05, 0.1) is 11.0 Å². The standard InChI is InChI=1S/C60H42N2/c1-5-14-43(15-6-1)47-24-32-53(33-25-47)61(54-34-26-48(27-35-54)44-16-7-2-8-17-44)55-36-28-49(29-37-55)50-22-13-23-56(40-50)62-59-38-30-51(45-18-9-3-10-19-45)41-57(59)58-42-52(31-39-60(58)62)46-20-11-4-12-21-46/h1-42H. The molecule has 1 heterocycles. The number of rotatable bonds is 9. The predicted octanol–water partition coefficient (Wildman–Crippen LogP) is 16.6. The van der Waals surface area contributed by atoms with Gasteiger partial charge in [-0.2, -0.15) is 0 Å². The van der Waals surface area contributed by atoms with Crippen molar-refractivity contribution in [1.82, 2.24) is 4.57 Å². The molecule has 0 saturated carbocycles. The third-order valence-electron chi connectivity index (χ3n) is 12.0. The van der Waals surface area contributed by atoms with Crippen LogP contribution in [0.1, 0.15) is 0 Å². The zero-order valence-electron chi connectivity index (χ0n) is 34.1. The van der Waals surface area contributed by atoms with E-state index in [9.17, 15) is 0 Å². The fraction of sp³-hybridized carbons (Fsp3) is 0. The molecule has 0 bridgehead atoms. The highest BCUT2D eigenvalue weighted by atomic mass is 15.1. The number of aromatic nitrogens is 1. The monoisotopic (exact) mass is 790 g/mol. The van der Waals surface area contributed by atoms with Crippen LogP contribution < -0.4 is 4.90 Å². The van der Waals surface area contributed by atoms with Gasteiger partial charge in [-0.15, -0.1) is 0 Å². The molecule has 11 aromatic rings. The second-order valence-corrected chi connectivity index (χ2v) is 15.8. The zero-order chi connectivity index (χ0) is 41.2. The quantitative estimate of drug-likeness (QED) is 0.141. The van der Waals surface area contributed by atoms with Gasteiger partial charge in [-0.25, -0.2) is 0 Å². The molecule has 2 heteroatoms. The first kappa shape index (κ1) is 36.8. The van der Waals surface area contributed by atoms with Crippen molar-refractivity contribution < 1.29 is 0 Å². The van der Waals surface area contributed by atoms with Gasteiger partial charge in [-0.3, -0.25) is 0 Å². The van der Waals surface area contributed by atoms with Gasteiger partial charge in [0.2, 0.25) is 0 Å². The first-order valence-corrected chi connectivity index (χ1v) is 21.2. The highest BCUT2D eigenvalue weighted by Crippen LogP contribution is 2.40. The molecule has 0 spiro atoms. The highest BCUT2D eigenvalue weighted by molar-refractivity contribution is 6.11. The molecule has 0 amide bonds. The zero-order valence-corrected chi connectivity index (χ0v) is 34.1. The molecule has 0 aliphatic rings.